The molecule has 0 fully saturated rings. The molecule has 2 nitrogen and oxygen atoms in total. The molecule has 0 rings (SSSR count). The molecule has 0 unspecified atom stereocenters. The van der Waals surface area contributed by atoms with Crippen LogP contribution in [0.4, 0.5) is 0 Å². The van der Waals surface area contributed by atoms with Crippen molar-refractivity contribution in [3.63, 3.8) is 0 Å². The van der Waals surface area contributed by atoms with Crippen molar-refractivity contribution in [2.45, 2.75) is 25.8 Å². The van der Waals surface area contributed by atoms with Crippen LogP contribution in [0.2, 0.25) is 0 Å². The summed E-state index contributed by atoms with van der Waals surface area (Å²) in [5.41, 5.74) is 0.134. The molecule has 0 amide bonds. The van der Waals surface area contributed by atoms with Gasteiger partial charge in [-0.05, 0) is 34.4 Å². The first kappa shape index (κ1) is 8.92. The van der Waals surface area contributed by atoms with E-state index in [0.29, 0.717) is 0 Å². The molecular formula is C7H17NO. The molecule has 0 radical (unpaired) electrons. The van der Waals surface area contributed by atoms with Gasteiger partial charge in [-0.15, -0.1) is 0 Å². The van der Waals surface area contributed by atoms with Gasteiger partial charge in [-0.25, -0.2) is 0 Å². The molecule has 2 heteroatoms. The monoisotopic (exact) mass is 131 g/mol. The van der Waals surface area contributed by atoms with Gasteiger partial charge < -0.3 is 10.0 Å². The Labute approximate surface area is 57.5 Å². The third kappa shape index (κ3) is 2.82. The van der Waals surface area contributed by atoms with Gasteiger partial charge in [0.05, 0.1) is 0 Å². The van der Waals surface area contributed by atoms with E-state index < -0.39 is 0 Å². The average molecular weight is 131 g/mol. The van der Waals surface area contributed by atoms with Crippen molar-refractivity contribution in [3.05, 3.63) is 0 Å². The van der Waals surface area contributed by atoms with E-state index in [0.717, 1.165) is 6.42 Å². The van der Waals surface area contributed by atoms with Crippen molar-refractivity contribution >= 4 is 0 Å². The third-order valence-corrected chi connectivity index (χ3v) is 1.93. The van der Waals surface area contributed by atoms with Crippen molar-refractivity contribution in [2.24, 2.45) is 0 Å². The van der Waals surface area contributed by atoms with Crippen LogP contribution in [0.3, 0.4) is 0 Å². The number of rotatable bonds is 3. The van der Waals surface area contributed by atoms with Crippen LogP contribution in [0.25, 0.3) is 0 Å². The van der Waals surface area contributed by atoms with E-state index in [1.807, 2.05) is 14.1 Å². The Balaban J connectivity index is 3.70. The molecule has 0 saturated heterocycles. The van der Waals surface area contributed by atoms with Crippen molar-refractivity contribution < 1.29 is 5.11 Å². The Morgan fingerprint density at radius 2 is 1.78 bits per heavy atom. The Morgan fingerprint density at radius 3 is 1.89 bits per heavy atom. The summed E-state index contributed by atoms with van der Waals surface area (Å²) in [7, 11) is 4.05. The van der Waals surface area contributed by atoms with Crippen LogP contribution in [0.15, 0.2) is 0 Å². The zero-order valence-corrected chi connectivity index (χ0v) is 6.81. The van der Waals surface area contributed by atoms with Crippen LogP contribution in [-0.2, 0) is 0 Å². The standard InChI is InChI=1S/C7H17NO/c1-7(2,5-6-9)8(3)4/h9H,5-6H2,1-4H3. The van der Waals surface area contributed by atoms with Crippen molar-refractivity contribution in [2.75, 3.05) is 20.7 Å². The maximum absolute atomic E-state index is 8.62. The summed E-state index contributed by atoms with van der Waals surface area (Å²) in [4.78, 5) is 2.11. The Kier molecular flexibility index (Phi) is 3.15. The van der Waals surface area contributed by atoms with Gasteiger partial charge in [-0.3, -0.25) is 0 Å². The first-order valence-electron chi connectivity index (χ1n) is 3.29. The normalized spacial score (nSPS) is 12.7. The highest BCUT2D eigenvalue weighted by atomic mass is 16.3. The number of aliphatic hydroxyl groups excluding tert-OH is 1. The maximum Gasteiger partial charge on any atom is 0.0448 e. The van der Waals surface area contributed by atoms with Gasteiger partial charge in [-0.1, -0.05) is 0 Å². The van der Waals surface area contributed by atoms with Crippen molar-refractivity contribution in [1.82, 2.24) is 4.90 Å². The minimum atomic E-state index is 0.134. The molecule has 0 aromatic carbocycles. The summed E-state index contributed by atoms with van der Waals surface area (Å²) >= 11 is 0. The highest BCUT2D eigenvalue weighted by Gasteiger charge is 2.18. The summed E-state index contributed by atoms with van der Waals surface area (Å²) in [6.45, 7) is 4.50. The number of hydrogen-bond donors (Lipinski definition) is 1. The fourth-order valence-electron chi connectivity index (χ4n) is 0.497. The summed E-state index contributed by atoms with van der Waals surface area (Å²) in [5, 5.41) is 8.62. The predicted octanol–water partition coefficient (Wildman–Crippen LogP) is 0.709. The molecule has 0 aliphatic heterocycles. The lowest BCUT2D eigenvalue weighted by molar-refractivity contribution is 0.142. The third-order valence-electron chi connectivity index (χ3n) is 1.93. The molecule has 0 aromatic heterocycles. The summed E-state index contributed by atoms with van der Waals surface area (Å²) in [6, 6.07) is 0. The molecule has 0 aliphatic rings. The van der Waals surface area contributed by atoms with Crippen LogP contribution in [0, 0.1) is 0 Å². The van der Waals surface area contributed by atoms with Crippen LogP contribution in [-0.4, -0.2) is 36.2 Å². The molecule has 56 valence electrons. The zero-order valence-electron chi connectivity index (χ0n) is 6.81. The minimum Gasteiger partial charge on any atom is -0.396 e. The van der Waals surface area contributed by atoms with Gasteiger partial charge in [0, 0.05) is 12.1 Å². The van der Waals surface area contributed by atoms with Gasteiger partial charge >= 0.3 is 0 Å². The van der Waals surface area contributed by atoms with Crippen molar-refractivity contribution in [3.8, 4) is 0 Å². The molecular weight excluding hydrogens is 114 g/mol. The molecule has 0 aliphatic carbocycles. The second-order valence-corrected chi connectivity index (χ2v) is 3.18. The number of aliphatic hydroxyl groups is 1. The molecule has 0 atom stereocenters. The van der Waals surface area contributed by atoms with Gasteiger partial charge in [-0.2, -0.15) is 0 Å². The highest BCUT2D eigenvalue weighted by Crippen LogP contribution is 2.13. The van der Waals surface area contributed by atoms with Gasteiger partial charge in [0.2, 0.25) is 0 Å². The highest BCUT2D eigenvalue weighted by molar-refractivity contribution is 4.75. The lowest BCUT2D eigenvalue weighted by Gasteiger charge is -2.31. The van der Waals surface area contributed by atoms with Gasteiger partial charge in [0.1, 0.15) is 0 Å². The quantitative estimate of drug-likeness (QED) is 0.609. The summed E-state index contributed by atoms with van der Waals surface area (Å²) in [5.74, 6) is 0. The summed E-state index contributed by atoms with van der Waals surface area (Å²) in [6.07, 6.45) is 0.833. The maximum atomic E-state index is 8.62. The largest absolute Gasteiger partial charge is 0.396 e. The lowest BCUT2D eigenvalue weighted by Crippen LogP contribution is -2.38. The van der Waals surface area contributed by atoms with Gasteiger partial charge in [0.25, 0.3) is 0 Å². The fraction of sp³-hybridized carbons (Fsp3) is 1.00. The van der Waals surface area contributed by atoms with Crippen LogP contribution in [0.5, 0.6) is 0 Å². The number of hydrogen-bond acceptors (Lipinski definition) is 2. The van der Waals surface area contributed by atoms with Crippen molar-refractivity contribution in [1.29, 1.82) is 0 Å². The van der Waals surface area contributed by atoms with E-state index in [-0.39, 0.29) is 12.1 Å². The first-order chi connectivity index (χ1) is 4.00. The predicted molar refractivity (Wildman–Crippen MR) is 39.5 cm³/mol. The van der Waals surface area contributed by atoms with E-state index in [2.05, 4.69) is 18.7 Å². The SMILES string of the molecule is CN(C)C(C)(C)CCO. The molecule has 1 N–H and O–H groups in total. The first-order valence-corrected chi connectivity index (χ1v) is 3.29. The minimum absolute atomic E-state index is 0.134. The van der Waals surface area contributed by atoms with E-state index in [9.17, 15) is 0 Å². The fourth-order valence-corrected chi connectivity index (χ4v) is 0.497. The second kappa shape index (κ2) is 3.18. The van der Waals surface area contributed by atoms with Crippen LogP contribution in [0.1, 0.15) is 20.3 Å². The van der Waals surface area contributed by atoms with E-state index in [1.165, 1.54) is 0 Å². The Morgan fingerprint density at radius 1 is 1.33 bits per heavy atom. The molecule has 0 heterocycles. The van der Waals surface area contributed by atoms with E-state index >= 15 is 0 Å². The topological polar surface area (TPSA) is 23.5 Å². The molecule has 0 spiro atoms. The molecule has 0 bridgehead atoms. The second-order valence-electron chi connectivity index (χ2n) is 3.18. The van der Waals surface area contributed by atoms with Gasteiger partial charge in [0.15, 0.2) is 0 Å². The van der Waals surface area contributed by atoms with E-state index in [4.69, 9.17) is 5.11 Å². The van der Waals surface area contributed by atoms with E-state index in [1.54, 1.807) is 0 Å². The van der Waals surface area contributed by atoms with Crippen LogP contribution >= 0.6 is 0 Å². The average Bonchev–Trinajstić information content (AvgIpc) is 1.65. The molecule has 9 heavy (non-hydrogen) atoms. The Hall–Kier alpha value is -0.0800. The van der Waals surface area contributed by atoms with Crippen LogP contribution < -0.4 is 0 Å². The smallest absolute Gasteiger partial charge is 0.0448 e. The summed E-state index contributed by atoms with van der Waals surface area (Å²) < 4.78 is 0. The molecule has 0 saturated carbocycles. The number of nitrogens with zero attached hydrogens (tertiary/aromatic N) is 1. The Bertz CT molecular complexity index is 79.0. The molecule has 0 aromatic rings. The lowest BCUT2D eigenvalue weighted by atomic mass is 10.0. The zero-order chi connectivity index (χ0) is 7.49.